The van der Waals surface area contributed by atoms with Crippen LogP contribution in [0.25, 0.3) is 11.4 Å². The van der Waals surface area contributed by atoms with Crippen molar-refractivity contribution in [1.29, 1.82) is 0 Å². The summed E-state index contributed by atoms with van der Waals surface area (Å²) >= 11 is 0.815. The van der Waals surface area contributed by atoms with Crippen LogP contribution in [-0.4, -0.2) is 39.3 Å². The third-order valence-electron chi connectivity index (χ3n) is 3.81. The quantitative estimate of drug-likeness (QED) is 0.829. The second-order valence-electron chi connectivity index (χ2n) is 5.61. The topological polar surface area (TPSA) is 49.2 Å². The monoisotopic (exact) mass is 365 g/mol. The molecule has 0 amide bonds. The van der Waals surface area contributed by atoms with E-state index in [4.69, 9.17) is 0 Å². The fraction of sp³-hybridized carbons (Fsp3) is 0.429. The van der Waals surface area contributed by atoms with Crippen molar-refractivity contribution < 1.29 is 27.1 Å². The van der Waals surface area contributed by atoms with Crippen LogP contribution in [0.15, 0.2) is 18.2 Å². The highest BCUT2D eigenvalue weighted by Gasteiger charge is 2.55. The lowest BCUT2D eigenvalue weighted by Gasteiger charge is -2.39. The van der Waals surface area contributed by atoms with E-state index in [2.05, 4.69) is 9.36 Å². The first-order chi connectivity index (χ1) is 11.2. The Balaban J connectivity index is 1.85. The molecule has 1 N–H and O–H groups in total. The van der Waals surface area contributed by atoms with E-state index in [0.29, 0.717) is 6.07 Å². The van der Waals surface area contributed by atoms with E-state index < -0.39 is 30.0 Å². The molecule has 1 saturated heterocycles. The third-order valence-corrected chi connectivity index (χ3v) is 4.58. The molecule has 1 unspecified atom stereocenters. The van der Waals surface area contributed by atoms with E-state index in [-0.39, 0.29) is 35.9 Å². The Hall–Kier alpha value is -1.81. The Morgan fingerprint density at radius 3 is 2.46 bits per heavy atom. The van der Waals surface area contributed by atoms with Gasteiger partial charge in [-0.15, -0.1) is 0 Å². The molecular formula is C14H12F5N3OS. The van der Waals surface area contributed by atoms with Crippen molar-refractivity contribution in [3.05, 3.63) is 29.8 Å². The molecule has 2 aromatic rings. The zero-order valence-electron chi connectivity index (χ0n) is 12.1. The summed E-state index contributed by atoms with van der Waals surface area (Å²) in [6, 6.07) is 2.78. The molecule has 0 saturated carbocycles. The average Bonchev–Trinajstić information content (AvgIpc) is 2.95. The highest BCUT2D eigenvalue weighted by atomic mass is 32.1. The second-order valence-corrected chi connectivity index (χ2v) is 6.34. The van der Waals surface area contributed by atoms with E-state index in [1.54, 1.807) is 0 Å². The fourth-order valence-electron chi connectivity index (χ4n) is 2.57. The van der Waals surface area contributed by atoms with Crippen LogP contribution >= 0.6 is 11.5 Å². The van der Waals surface area contributed by atoms with E-state index >= 15 is 0 Å². The minimum absolute atomic E-state index is 0.0227. The predicted octanol–water partition coefficient (Wildman–Crippen LogP) is 3.38. The van der Waals surface area contributed by atoms with Crippen molar-refractivity contribution in [2.24, 2.45) is 0 Å². The van der Waals surface area contributed by atoms with Gasteiger partial charge in [0.05, 0.1) is 6.54 Å². The van der Waals surface area contributed by atoms with Gasteiger partial charge in [0, 0.05) is 29.7 Å². The number of alkyl halides is 3. The van der Waals surface area contributed by atoms with Crippen LogP contribution in [0.5, 0.6) is 0 Å². The molecule has 0 radical (unpaired) electrons. The normalized spacial score (nSPS) is 22.0. The maximum Gasteiger partial charge on any atom is 0.418 e. The SMILES string of the molecule is OC1(C(F)(F)F)CCCN(c2nc(-c3cc(F)cc(F)c3)ns2)C1. The number of β-amino-alcohol motifs (C(OH)–C–C–N with tert-alkyl or cyclic N) is 1. The molecule has 0 spiro atoms. The van der Waals surface area contributed by atoms with Crippen LogP contribution in [0.1, 0.15) is 12.8 Å². The molecule has 2 heterocycles. The number of aliphatic hydroxyl groups is 1. The molecular weight excluding hydrogens is 353 g/mol. The van der Waals surface area contributed by atoms with Gasteiger partial charge in [0.15, 0.2) is 11.4 Å². The van der Waals surface area contributed by atoms with Gasteiger partial charge in [-0.05, 0) is 25.0 Å². The van der Waals surface area contributed by atoms with Crippen LogP contribution < -0.4 is 4.90 Å². The van der Waals surface area contributed by atoms with E-state index in [9.17, 15) is 27.1 Å². The lowest BCUT2D eigenvalue weighted by atomic mass is 9.92. The highest BCUT2D eigenvalue weighted by molar-refractivity contribution is 7.09. The summed E-state index contributed by atoms with van der Waals surface area (Å²) in [5.74, 6) is -1.58. The highest BCUT2D eigenvalue weighted by Crippen LogP contribution is 2.39. The molecule has 0 bridgehead atoms. The largest absolute Gasteiger partial charge is 0.418 e. The van der Waals surface area contributed by atoms with Gasteiger partial charge in [-0.1, -0.05) is 0 Å². The minimum atomic E-state index is -4.75. The van der Waals surface area contributed by atoms with Crippen LogP contribution in [0.2, 0.25) is 0 Å². The van der Waals surface area contributed by atoms with Crippen molar-refractivity contribution >= 4 is 16.7 Å². The lowest BCUT2D eigenvalue weighted by Crippen LogP contribution is -2.57. The van der Waals surface area contributed by atoms with Gasteiger partial charge < -0.3 is 10.0 Å². The van der Waals surface area contributed by atoms with Crippen molar-refractivity contribution in [2.45, 2.75) is 24.6 Å². The molecule has 0 aliphatic carbocycles. The number of hydrogen-bond acceptors (Lipinski definition) is 5. The summed E-state index contributed by atoms with van der Waals surface area (Å²) in [6.07, 6.45) is -4.99. The Morgan fingerprint density at radius 2 is 1.83 bits per heavy atom. The van der Waals surface area contributed by atoms with Gasteiger partial charge in [-0.2, -0.15) is 22.5 Å². The van der Waals surface area contributed by atoms with Crippen LogP contribution in [0.3, 0.4) is 0 Å². The number of nitrogens with zero attached hydrogens (tertiary/aromatic N) is 3. The zero-order chi connectivity index (χ0) is 17.5. The molecule has 10 heteroatoms. The number of rotatable bonds is 2. The van der Waals surface area contributed by atoms with E-state index in [0.717, 1.165) is 23.7 Å². The summed E-state index contributed by atoms with van der Waals surface area (Å²) in [5, 5.41) is 9.99. The molecule has 130 valence electrons. The zero-order valence-corrected chi connectivity index (χ0v) is 13.0. The lowest BCUT2D eigenvalue weighted by molar-refractivity contribution is -0.261. The van der Waals surface area contributed by atoms with E-state index in [1.165, 1.54) is 4.90 Å². The molecule has 1 aromatic carbocycles. The molecule has 1 fully saturated rings. The standard InChI is InChI=1S/C14H12F5N3OS/c15-9-4-8(5-10(16)6-9)11-20-12(24-21-11)22-3-1-2-13(23,7-22)14(17,18)19/h4-6,23H,1-3,7H2. The van der Waals surface area contributed by atoms with Gasteiger partial charge >= 0.3 is 6.18 Å². The number of piperidine rings is 1. The van der Waals surface area contributed by atoms with Crippen LogP contribution in [-0.2, 0) is 0 Å². The van der Waals surface area contributed by atoms with Gasteiger partial charge in [-0.3, -0.25) is 0 Å². The number of benzene rings is 1. The van der Waals surface area contributed by atoms with Crippen molar-refractivity contribution in [3.8, 4) is 11.4 Å². The third kappa shape index (κ3) is 3.20. The summed E-state index contributed by atoms with van der Waals surface area (Å²) in [7, 11) is 0. The molecule has 1 atom stereocenters. The Morgan fingerprint density at radius 1 is 1.17 bits per heavy atom. The number of hydrogen-bond donors (Lipinski definition) is 1. The molecule has 24 heavy (non-hydrogen) atoms. The molecule has 4 nitrogen and oxygen atoms in total. The summed E-state index contributed by atoms with van der Waals surface area (Å²) in [4.78, 5) is 5.34. The molecule has 1 aliphatic heterocycles. The van der Waals surface area contributed by atoms with Gasteiger partial charge in [0.25, 0.3) is 0 Å². The average molecular weight is 365 g/mol. The Kier molecular flexibility index (Phi) is 4.20. The van der Waals surface area contributed by atoms with Crippen molar-refractivity contribution in [1.82, 2.24) is 9.36 Å². The first-order valence-electron chi connectivity index (χ1n) is 7.02. The van der Waals surface area contributed by atoms with Gasteiger partial charge in [0.2, 0.25) is 5.13 Å². The van der Waals surface area contributed by atoms with Gasteiger partial charge in [-0.25, -0.2) is 8.78 Å². The minimum Gasteiger partial charge on any atom is -0.379 e. The fourth-order valence-corrected chi connectivity index (χ4v) is 3.29. The Bertz CT molecular complexity index is 730. The molecule has 3 rings (SSSR count). The first-order valence-corrected chi connectivity index (χ1v) is 7.79. The number of halogens is 5. The van der Waals surface area contributed by atoms with Gasteiger partial charge in [0.1, 0.15) is 11.6 Å². The second kappa shape index (κ2) is 5.92. The maximum absolute atomic E-state index is 13.2. The number of anilines is 1. The Labute approximate surface area is 137 Å². The summed E-state index contributed by atoms with van der Waals surface area (Å²) in [6.45, 7) is -0.368. The van der Waals surface area contributed by atoms with Crippen molar-refractivity contribution in [3.63, 3.8) is 0 Å². The van der Waals surface area contributed by atoms with E-state index in [1.807, 2.05) is 0 Å². The van der Waals surface area contributed by atoms with Crippen molar-refractivity contribution in [2.75, 3.05) is 18.0 Å². The summed E-state index contributed by atoms with van der Waals surface area (Å²) < 4.78 is 69.4. The smallest absolute Gasteiger partial charge is 0.379 e. The number of aromatic nitrogens is 2. The maximum atomic E-state index is 13.2. The first kappa shape index (κ1) is 17.0. The predicted molar refractivity (Wildman–Crippen MR) is 77.7 cm³/mol. The van der Waals surface area contributed by atoms with Crippen LogP contribution in [0.4, 0.5) is 27.1 Å². The molecule has 1 aromatic heterocycles. The van der Waals surface area contributed by atoms with Crippen LogP contribution in [0, 0.1) is 11.6 Å². The summed E-state index contributed by atoms with van der Waals surface area (Å²) in [5.41, 5.74) is -2.71. The molecule has 1 aliphatic rings.